The molecule has 1 heteroatoms. The van der Waals surface area contributed by atoms with E-state index in [9.17, 15) is 12.3 Å². The van der Waals surface area contributed by atoms with E-state index in [-0.39, 0.29) is 95.4 Å². The van der Waals surface area contributed by atoms with Crippen molar-refractivity contribution in [3.05, 3.63) is 235 Å². The minimum absolute atomic E-state index is 0.000955. The summed E-state index contributed by atoms with van der Waals surface area (Å²) >= 11 is 0. The molecule has 10 aromatic carbocycles. The number of anilines is 3. The largest absolute Gasteiger partial charge is 0.310 e. The topological polar surface area (TPSA) is 3.24 Å². The van der Waals surface area contributed by atoms with Crippen molar-refractivity contribution in [3.63, 3.8) is 0 Å². The summed E-state index contributed by atoms with van der Waals surface area (Å²) in [4.78, 5) is 1.60. The summed E-state index contributed by atoms with van der Waals surface area (Å²) in [5.74, 6) is 0. The Morgan fingerprint density at radius 3 is 1.74 bits per heavy atom. The van der Waals surface area contributed by atoms with Gasteiger partial charge in [-0.25, -0.2) is 0 Å². The molecule has 0 spiro atoms. The van der Waals surface area contributed by atoms with Gasteiger partial charge in [0.15, 0.2) is 0 Å². The van der Waals surface area contributed by atoms with Crippen LogP contribution in [0, 0.1) is 0 Å². The first-order valence-electron chi connectivity index (χ1n) is 24.7. The van der Waals surface area contributed by atoms with Crippen molar-refractivity contribution in [2.45, 2.75) is 6.42 Å². The van der Waals surface area contributed by atoms with Crippen molar-refractivity contribution in [2.24, 2.45) is 0 Å². The molecule has 0 fully saturated rings. The van der Waals surface area contributed by atoms with Crippen LogP contribution >= 0.6 is 0 Å². The van der Waals surface area contributed by atoms with Crippen LogP contribution in [0.5, 0.6) is 0 Å². The van der Waals surface area contributed by atoms with Gasteiger partial charge in [0.1, 0.15) is 0 Å². The predicted octanol–water partition coefficient (Wildman–Crippen LogP) is 15.7. The van der Waals surface area contributed by atoms with Gasteiger partial charge in [0, 0.05) is 17.1 Å². The van der Waals surface area contributed by atoms with Crippen LogP contribution in [0.25, 0.3) is 77.2 Å². The molecule has 11 rings (SSSR count). The first-order chi connectivity index (χ1) is 33.3. The van der Waals surface area contributed by atoms with Crippen molar-refractivity contribution in [3.8, 4) is 55.6 Å². The standard InChI is InChI=1S/C57H39N/c1-3-12-39(13-4-1)42-22-24-45(25-23-42)52-34-35-53(57-54-33-29-44-17-9-10-21-51(44)55(54)38-56(52)57)47-19-11-20-49(37-47)58(50-32-28-41-16-7-8-18-46(41)36-50)48-30-26-43(27-31-48)40-14-5-2-6-15-40/h1-37H,38H2/i9D,10D,24D,25D,29D,30D,31D,32D,34D,35D,36D. The van der Waals surface area contributed by atoms with Gasteiger partial charge in [-0.2, -0.15) is 0 Å². The van der Waals surface area contributed by atoms with E-state index in [1.165, 1.54) is 6.07 Å². The molecule has 0 saturated carbocycles. The lowest BCUT2D eigenvalue weighted by atomic mass is 9.88. The fourth-order valence-corrected chi connectivity index (χ4v) is 8.13. The summed E-state index contributed by atoms with van der Waals surface area (Å²) in [5, 5.41) is 2.34. The molecule has 0 radical (unpaired) electrons. The third kappa shape index (κ3) is 5.97. The van der Waals surface area contributed by atoms with Crippen LogP contribution in [0.15, 0.2) is 224 Å². The van der Waals surface area contributed by atoms with Gasteiger partial charge in [-0.15, -0.1) is 0 Å². The van der Waals surface area contributed by atoms with Crippen LogP contribution in [0.1, 0.15) is 26.2 Å². The lowest BCUT2D eigenvalue weighted by molar-refractivity contribution is 1.28. The van der Waals surface area contributed by atoms with E-state index in [4.69, 9.17) is 2.74 Å². The maximum atomic E-state index is 9.92. The van der Waals surface area contributed by atoms with Crippen LogP contribution in [0.2, 0.25) is 0 Å². The van der Waals surface area contributed by atoms with E-state index in [0.717, 1.165) is 16.7 Å². The Balaban J connectivity index is 1.18. The zero-order chi connectivity index (χ0) is 48.0. The van der Waals surface area contributed by atoms with Crippen molar-refractivity contribution in [1.29, 1.82) is 0 Å². The third-order valence-corrected chi connectivity index (χ3v) is 11.0. The lowest BCUT2D eigenvalue weighted by Gasteiger charge is -2.27. The second-order valence-corrected chi connectivity index (χ2v) is 14.4. The molecule has 58 heavy (non-hydrogen) atoms. The minimum atomic E-state index is -0.201. The highest BCUT2D eigenvalue weighted by Gasteiger charge is 2.27. The fourth-order valence-electron chi connectivity index (χ4n) is 8.13. The molecule has 0 saturated heterocycles. The molecule has 10 aromatic rings. The molecule has 0 aromatic heterocycles. The monoisotopic (exact) mass is 748 g/mol. The summed E-state index contributed by atoms with van der Waals surface area (Å²) in [7, 11) is 0. The maximum Gasteiger partial charge on any atom is 0.0651 e. The summed E-state index contributed by atoms with van der Waals surface area (Å²) in [6.45, 7) is 0. The Bertz CT molecular complexity index is 3730. The summed E-state index contributed by atoms with van der Waals surface area (Å²) in [5.41, 5.74) is 7.37. The number of rotatable bonds is 7. The average molecular weight is 749 g/mol. The Hall–Kier alpha value is -7.48. The molecule has 0 aliphatic heterocycles. The lowest BCUT2D eigenvalue weighted by Crippen LogP contribution is -2.10. The Kier molecular flexibility index (Phi) is 5.94. The highest BCUT2D eigenvalue weighted by atomic mass is 15.1. The van der Waals surface area contributed by atoms with E-state index in [2.05, 4.69) is 0 Å². The summed E-state index contributed by atoms with van der Waals surface area (Å²) in [6, 6.07) is 46.3. The second-order valence-electron chi connectivity index (χ2n) is 14.4. The van der Waals surface area contributed by atoms with Crippen molar-refractivity contribution < 1.29 is 15.1 Å². The first-order valence-corrected chi connectivity index (χ1v) is 19.2. The molecule has 0 bridgehead atoms. The second kappa shape index (κ2) is 14.2. The van der Waals surface area contributed by atoms with Gasteiger partial charge in [-0.05, 0) is 131 Å². The Morgan fingerprint density at radius 2 is 0.983 bits per heavy atom. The molecule has 0 heterocycles. The highest BCUT2D eigenvalue weighted by molar-refractivity contribution is 6.02. The van der Waals surface area contributed by atoms with E-state index >= 15 is 0 Å². The van der Waals surface area contributed by atoms with Crippen LogP contribution < -0.4 is 4.90 Å². The molecule has 272 valence electrons. The van der Waals surface area contributed by atoms with Gasteiger partial charge in [0.2, 0.25) is 0 Å². The van der Waals surface area contributed by atoms with E-state index in [0.29, 0.717) is 66.2 Å². The van der Waals surface area contributed by atoms with Gasteiger partial charge < -0.3 is 4.90 Å². The zero-order valence-electron chi connectivity index (χ0n) is 42.2. The number of benzene rings is 10. The minimum Gasteiger partial charge on any atom is -0.310 e. The smallest absolute Gasteiger partial charge is 0.0651 e. The van der Waals surface area contributed by atoms with Crippen LogP contribution in [-0.2, 0) is 6.42 Å². The number of hydrogen-bond acceptors (Lipinski definition) is 1. The molecule has 1 nitrogen and oxygen atoms in total. The molecule has 1 aliphatic carbocycles. The molecule has 0 atom stereocenters. The van der Waals surface area contributed by atoms with Crippen LogP contribution in [0.4, 0.5) is 17.1 Å². The number of nitrogens with zero attached hydrogens (tertiary/aromatic N) is 1. The molecular formula is C57H39N. The van der Waals surface area contributed by atoms with Gasteiger partial charge >= 0.3 is 0 Å². The van der Waals surface area contributed by atoms with Crippen molar-refractivity contribution in [2.75, 3.05) is 4.90 Å². The van der Waals surface area contributed by atoms with Crippen LogP contribution in [0.3, 0.4) is 0 Å². The van der Waals surface area contributed by atoms with Crippen molar-refractivity contribution >= 4 is 38.6 Å². The maximum absolute atomic E-state index is 9.92. The van der Waals surface area contributed by atoms with Gasteiger partial charge in [-0.1, -0.05) is 188 Å². The molecular weight excluding hydrogens is 699 g/mol. The molecule has 1 aliphatic rings. The zero-order valence-corrected chi connectivity index (χ0v) is 31.2. The van der Waals surface area contributed by atoms with E-state index < -0.39 is 0 Å². The highest BCUT2D eigenvalue weighted by Crippen LogP contribution is 2.50. The van der Waals surface area contributed by atoms with Crippen LogP contribution in [-0.4, -0.2) is 0 Å². The summed E-state index contributed by atoms with van der Waals surface area (Å²) in [6.07, 6.45) is 0.192. The van der Waals surface area contributed by atoms with E-state index in [1.807, 2.05) is 78.9 Å². The SMILES string of the molecule is [2H]c1cc2c([2H])cc3c(c2cc1[2H])Cc1c(-c2c([2H])cc(-c4ccccc4)cc2[2H])c([2H])c([2H])c(-c2cccc(N(c4c([2H])cc(-c5ccccc5)cc4[2H])c4c([2H])cc5ccccc5c4[2H])c2)c1-3. The van der Waals surface area contributed by atoms with Crippen molar-refractivity contribution in [1.82, 2.24) is 0 Å². The normalized spacial score (nSPS) is 14.4. The van der Waals surface area contributed by atoms with E-state index in [1.54, 1.807) is 77.7 Å². The third-order valence-electron chi connectivity index (χ3n) is 11.0. The number of hydrogen-bond donors (Lipinski definition) is 0. The summed E-state index contributed by atoms with van der Waals surface area (Å²) < 4.78 is 103. The fraction of sp³-hybridized carbons (Fsp3) is 0.0175. The number of fused-ring (bicyclic) bond motifs is 6. The Morgan fingerprint density at radius 1 is 0.362 bits per heavy atom. The average Bonchev–Trinajstić information content (AvgIpc) is 3.71. The molecule has 0 amide bonds. The first kappa shape index (κ1) is 24.2. The molecule has 0 N–H and O–H groups in total. The van der Waals surface area contributed by atoms with Gasteiger partial charge in [-0.3, -0.25) is 0 Å². The quantitative estimate of drug-likeness (QED) is 0.157. The van der Waals surface area contributed by atoms with Gasteiger partial charge in [0.05, 0.1) is 15.1 Å². The van der Waals surface area contributed by atoms with Gasteiger partial charge in [0.25, 0.3) is 0 Å². The predicted molar refractivity (Wildman–Crippen MR) is 246 cm³/mol. The Labute approximate surface area is 355 Å². The molecule has 0 unspecified atom stereocenters.